The lowest BCUT2D eigenvalue weighted by molar-refractivity contribution is -0.137. The van der Waals surface area contributed by atoms with Gasteiger partial charge in [-0.25, -0.2) is 4.99 Å². The molecule has 0 bridgehead atoms. The number of fused-ring (bicyclic) bond motifs is 2. The summed E-state index contributed by atoms with van der Waals surface area (Å²) in [5.41, 5.74) is 5.95. The molecule has 154 valence electrons. The highest BCUT2D eigenvalue weighted by Crippen LogP contribution is 2.46. The highest BCUT2D eigenvalue weighted by Gasteiger charge is 2.46. The second-order valence-corrected chi connectivity index (χ2v) is 7.49. The van der Waals surface area contributed by atoms with Crippen molar-refractivity contribution in [2.24, 2.45) is 10.7 Å². The average molecular weight is 405 g/mol. The van der Waals surface area contributed by atoms with Crippen LogP contribution in [0.3, 0.4) is 0 Å². The molecule has 29 heavy (non-hydrogen) atoms. The number of rotatable bonds is 4. The molecule has 1 unspecified atom stereocenters. The summed E-state index contributed by atoms with van der Waals surface area (Å²) in [6, 6.07) is 7.41. The number of amidine groups is 1. The number of ether oxygens (including phenoxy) is 2. The van der Waals surface area contributed by atoms with Crippen LogP contribution in [0.2, 0.25) is 0 Å². The van der Waals surface area contributed by atoms with Crippen molar-refractivity contribution >= 4 is 6.02 Å². The van der Waals surface area contributed by atoms with Gasteiger partial charge in [-0.2, -0.15) is 13.2 Å². The predicted octanol–water partition coefficient (Wildman–Crippen LogP) is 4.65. The van der Waals surface area contributed by atoms with Crippen LogP contribution in [0.1, 0.15) is 43.7 Å². The number of aromatic nitrogens is 1. The Kier molecular flexibility index (Phi) is 4.88. The number of hydrogen-bond acceptors (Lipinski definition) is 5. The maximum atomic E-state index is 13.1. The van der Waals surface area contributed by atoms with Crippen LogP contribution < -0.4 is 10.5 Å². The molecule has 2 aromatic rings. The lowest BCUT2D eigenvalue weighted by Gasteiger charge is -2.37. The maximum absolute atomic E-state index is 13.1. The lowest BCUT2D eigenvalue weighted by Crippen LogP contribution is -2.38. The fourth-order valence-corrected chi connectivity index (χ4v) is 3.93. The van der Waals surface area contributed by atoms with Gasteiger partial charge in [0.1, 0.15) is 24.0 Å². The van der Waals surface area contributed by atoms with E-state index in [1.165, 1.54) is 6.20 Å². The highest BCUT2D eigenvalue weighted by atomic mass is 19.4. The minimum absolute atomic E-state index is 0.0155. The van der Waals surface area contributed by atoms with Gasteiger partial charge in [0, 0.05) is 23.7 Å². The predicted molar refractivity (Wildman–Crippen MR) is 102 cm³/mol. The molecule has 5 nitrogen and oxygen atoms in total. The Morgan fingerprint density at radius 3 is 2.76 bits per heavy atom. The fraction of sp³-hybridized carbons (Fsp3) is 0.429. The van der Waals surface area contributed by atoms with Crippen molar-refractivity contribution in [3.05, 3.63) is 47.7 Å². The molecule has 2 aliphatic heterocycles. The van der Waals surface area contributed by atoms with Crippen LogP contribution in [0.25, 0.3) is 11.3 Å². The van der Waals surface area contributed by atoms with Crippen molar-refractivity contribution in [3.8, 4) is 17.0 Å². The average Bonchev–Trinajstić information content (AvgIpc) is 3.06. The molecule has 4 rings (SSSR count). The van der Waals surface area contributed by atoms with Crippen molar-refractivity contribution in [1.29, 1.82) is 0 Å². The molecule has 1 aromatic heterocycles. The number of alkyl halides is 3. The standard InChI is InChI=1S/C21H22F3N3O2/c1-2-3-4-15-11-20(12-28-19(25)27-20)16-9-13(5-6-18(16)29-15)17-10-14(7-8-26-17)21(22,23)24/h5-10,15H,2-4,11-12H2,1H3,(H2,25,27)/t15-,20?/m0/s1. The molecule has 0 saturated carbocycles. The van der Waals surface area contributed by atoms with Gasteiger partial charge in [0.2, 0.25) is 0 Å². The Morgan fingerprint density at radius 1 is 1.24 bits per heavy atom. The SMILES string of the molecule is CCCC[C@H]1CC2(COC(N)=N2)c2cc(-c3cc(C(F)(F)F)ccn3)ccc2O1. The normalized spacial score (nSPS) is 23.3. The number of hydrogen-bond donors (Lipinski definition) is 1. The minimum Gasteiger partial charge on any atom is -0.490 e. The van der Waals surface area contributed by atoms with E-state index >= 15 is 0 Å². The second-order valence-electron chi connectivity index (χ2n) is 7.49. The molecule has 8 heteroatoms. The van der Waals surface area contributed by atoms with Crippen molar-refractivity contribution in [2.45, 2.75) is 50.4 Å². The van der Waals surface area contributed by atoms with E-state index in [-0.39, 0.29) is 24.4 Å². The third-order valence-corrected chi connectivity index (χ3v) is 5.39. The number of nitrogens with two attached hydrogens (primary N) is 1. The quantitative estimate of drug-likeness (QED) is 0.804. The zero-order valence-electron chi connectivity index (χ0n) is 16.0. The molecule has 0 saturated heterocycles. The van der Waals surface area contributed by atoms with E-state index in [0.717, 1.165) is 37.0 Å². The molecule has 1 spiro atoms. The molecule has 0 radical (unpaired) electrons. The first-order valence-electron chi connectivity index (χ1n) is 9.64. The summed E-state index contributed by atoms with van der Waals surface area (Å²) in [6.45, 7) is 2.41. The monoisotopic (exact) mass is 405 g/mol. The van der Waals surface area contributed by atoms with E-state index in [9.17, 15) is 13.2 Å². The molecule has 0 aliphatic carbocycles. The number of aliphatic imine (C=N–C) groups is 1. The first kappa shape index (κ1) is 19.5. The molecule has 1 aromatic carbocycles. The van der Waals surface area contributed by atoms with Crippen molar-refractivity contribution in [1.82, 2.24) is 4.98 Å². The topological polar surface area (TPSA) is 69.7 Å². The van der Waals surface area contributed by atoms with Gasteiger partial charge in [0.25, 0.3) is 6.02 Å². The third-order valence-electron chi connectivity index (χ3n) is 5.39. The Labute approximate surface area is 166 Å². The first-order valence-corrected chi connectivity index (χ1v) is 9.64. The summed E-state index contributed by atoms with van der Waals surface area (Å²) in [6.07, 6.45) is 0.312. The van der Waals surface area contributed by atoms with Gasteiger partial charge in [-0.3, -0.25) is 4.98 Å². The van der Waals surface area contributed by atoms with Gasteiger partial charge < -0.3 is 15.2 Å². The van der Waals surface area contributed by atoms with Crippen LogP contribution in [0.15, 0.2) is 41.5 Å². The highest BCUT2D eigenvalue weighted by molar-refractivity contribution is 5.75. The van der Waals surface area contributed by atoms with Gasteiger partial charge in [0.15, 0.2) is 0 Å². The van der Waals surface area contributed by atoms with Crippen LogP contribution >= 0.6 is 0 Å². The van der Waals surface area contributed by atoms with E-state index in [1.54, 1.807) is 18.2 Å². The van der Waals surface area contributed by atoms with E-state index in [0.29, 0.717) is 17.7 Å². The van der Waals surface area contributed by atoms with E-state index in [4.69, 9.17) is 15.2 Å². The molecule has 2 atom stereocenters. The molecule has 2 aliphatic rings. The van der Waals surface area contributed by atoms with E-state index < -0.39 is 17.3 Å². The Morgan fingerprint density at radius 2 is 2.07 bits per heavy atom. The van der Waals surface area contributed by atoms with Crippen LogP contribution in [0.5, 0.6) is 5.75 Å². The number of benzene rings is 1. The first-order chi connectivity index (χ1) is 13.8. The van der Waals surface area contributed by atoms with Crippen LogP contribution in [-0.2, 0) is 16.5 Å². The molecule has 2 N–H and O–H groups in total. The number of nitrogens with zero attached hydrogens (tertiary/aromatic N) is 2. The third kappa shape index (κ3) is 3.75. The summed E-state index contributed by atoms with van der Waals surface area (Å²) in [5.74, 6) is 0.662. The fourth-order valence-electron chi connectivity index (χ4n) is 3.93. The number of pyridine rings is 1. The smallest absolute Gasteiger partial charge is 0.416 e. The van der Waals surface area contributed by atoms with Crippen molar-refractivity contribution in [3.63, 3.8) is 0 Å². The summed E-state index contributed by atoms with van der Waals surface area (Å²) in [7, 11) is 0. The maximum Gasteiger partial charge on any atom is 0.416 e. The van der Waals surface area contributed by atoms with Gasteiger partial charge in [0.05, 0.1) is 11.3 Å². The largest absolute Gasteiger partial charge is 0.490 e. The number of unbranched alkanes of at least 4 members (excludes halogenated alkanes) is 1. The van der Waals surface area contributed by atoms with Crippen molar-refractivity contribution in [2.75, 3.05) is 6.61 Å². The minimum atomic E-state index is -4.43. The summed E-state index contributed by atoms with van der Waals surface area (Å²) in [4.78, 5) is 8.69. The van der Waals surface area contributed by atoms with E-state index in [1.807, 2.05) is 0 Å². The van der Waals surface area contributed by atoms with Crippen LogP contribution in [-0.4, -0.2) is 23.7 Å². The van der Waals surface area contributed by atoms with Gasteiger partial charge in [-0.1, -0.05) is 19.8 Å². The molecule has 0 fully saturated rings. The zero-order chi connectivity index (χ0) is 20.6. The second kappa shape index (κ2) is 7.24. The molecule has 0 amide bonds. The molecular weight excluding hydrogens is 383 g/mol. The Balaban J connectivity index is 1.75. The Bertz CT molecular complexity index is 945. The summed E-state index contributed by atoms with van der Waals surface area (Å²) >= 11 is 0. The van der Waals surface area contributed by atoms with Gasteiger partial charge in [-0.15, -0.1) is 0 Å². The van der Waals surface area contributed by atoms with Gasteiger partial charge >= 0.3 is 6.18 Å². The van der Waals surface area contributed by atoms with Crippen LogP contribution in [0, 0.1) is 0 Å². The lowest BCUT2D eigenvalue weighted by atomic mass is 9.81. The van der Waals surface area contributed by atoms with Gasteiger partial charge in [-0.05, 0) is 36.8 Å². The number of halogens is 3. The zero-order valence-corrected chi connectivity index (χ0v) is 16.0. The molecular formula is C21H22F3N3O2. The molecule has 3 heterocycles. The summed E-state index contributed by atoms with van der Waals surface area (Å²) < 4.78 is 50.9. The summed E-state index contributed by atoms with van der Waals surface area (Å²) in [5, 5.41) is 0. The van der Waals surface area contributed by atoms with Crippen molar-refractivity contribution < 1.29 is 22.6 Å². The van der Waals surface area contributed by atoms with Crippen LogP contribution in [0.4, 0.5) is 13.2 Å². The Hall–Kier alpha value is -2.77. The van der Waals surface area contributed by atoms with E-state index in [2.05, 4.69) is 16.9 Å².